The first kappa shape index (κ1) is 21.0. The summed E-state index contributed by atoms with van der Waals surface area (Å²) < 4.78 is 5.52. The van der Waals surface area contributed by atoms with Crippen molar-refractivity contribution >= 4 is 19.4 Å². The van der Waals surface area contributed by atoms with Crippen LogP contribution in [0.5, 0.6) is 5.75 Å². The monoisotopic (exact) mass is 336 g/mol. The third-order valence-electron chi connectivity index (χ3n) is 4.34. The van der Waals surface area contributed by atoms with E-state index in [-0.39, 0.29) is 34.4 Å². The van der Waals surface area contributed by atoms with Crippen LogP contribution in [0.15, 0.2) is 24.3 Å². The number of hydrogen-bond donors (Lipinski definition) is 0. The number of benzene rings is 2. The first-order chi connectivity index (χ1) is 10.8. The molecule has 0 fully saturated rings. The zero-order valence-electron chi connectivity index (χ0n) is 16.8. The van der Waals surface area contributed by atoms with E-state index in [1.165, 1.54) is 11.1 Å². The summed E-state index contributed by atoms with van der Waals surface area (Å²) in [6.07, 6.45) is 0. The van der Waals surface area contributed by atoms with Crippen molar-refractivity contribution in [2.75, 3.05) is 6.61 Å². The Hall–Kier alpha value is -1.06. The largest absolute Gasteiger partial charge is 1.00 e. The third-order valence-corrected chi connectivity index (χ3v) is 5.65. The van der Waals surface area contributed by atoms with E-state index in [4.69, 9.17) is 4.74 Å². The minimum absolute atomic E-state index is 0. The standard InChI is InChI=1S/C20H25O2P.Li.H/c1-7-22-17-8-9-18(13(3)11-17)23-20(21)19-14(4)10-12(2)15(5)16(19)6;;/h8-11,23H,7H2,1-6H3;;/q;+1;-1. The SMILES string of the molecule is CCOc1ccc(PC(=O)c2c(C)cc(C)c(C)c2C)c(C)c1.[H-].[Li+]. The van der Waals surface area contributed by atoms with Gasteiger partial charge in [0.25, 0.3) is 0 Å². The molecule has 0 aliphatic rings. The smallest absolute Gasteiger partial charge is 1.00 e. The second-order valence-corrected chi connectivity index (χ2v) is 7.24. The number of carbonyl (C=O) groups excluding carboxylic acids is 1. The zero-order valence-corrected chi connectivity index (χ0v) is 16.8. The van der Waals surface area contributed by atoms with Crippen LogP contribution in [0.1, 0.15) is 46.5 Å². The topological polar surface area (TPSA) is 26.3 Å². The van der Waals surface area contributed by atoms with Gasteiger partial charge in [0.05, 0.1) is 6.61 Å². The van der Waals surface area contributed by atoms with E-state index in [9.17, 15) is 4.79 Å². The Morgan fingerprint density at radius 3 is 2.25 bits per heavy atom. The molecular weight excluding hydrogens is 310 g/mol. The predicted molar refractivity (Wildman–Crippen MR) is 101 cm³/mol. The fourth-order valence-electron chi connectivity index (χ4n) is 2.85. The fraction of sp³-hybridized carbons (Fsp3) is 0.350. The van der Waals surface area contributed by atoms with Gasteiger partial charge in [0.2, 0.25) is 0 Å². The summed E-state index contributed by atoms with van der Waals surface area (Å²) in [6, 6.07) is 8.10. The predicted octanol–water partition coefficient (Wildman–Crippen LogP) is 1.89. The molecule has 0 saturated carbocycles. The molecule has 0 aliphatic heterocycles. The molecule has 1 atom stereocenters. The van der Waals surface area contributed by atoms with Crippen molar-refractivity contribution in [2.24, 2.45) is 0 Å². The van der Waals surface area contributed by atoms with Gasteiger partial charge in [-0.25, -0.2) is 0 Å². The van der Waals surface area contributed by atoms with Crippen LogP contribution in [-0.4, -0.2) is 12.1 Å². The zero-order chi connectivity index (χ0) is 17.1. The molecule has 2 aromatic rings. The summed E-state index contributed by atoms with van der Waals surface area (Å²) in [4.78, 5) is 12.9. The number of ether oxygens (including phenoxy) is 1. The van der Waals surface area contributed by atoms with E-state index in [2.05, 4.69) is 26.8 Å². The van der Waals surface area contributed by atoms with Crippen LogP contribution in [0, 0.1) is 34.6 Å². The number of rotatable bonds is 5. The van der Waals surface area contributed by atoms with Gasteiger partial charge in [-0.05, 0) is 95.4 Å². The Morgan fingerprint density at radius 1 is 1.00 bits per heavy atom. The van der Waals surface area contributed by atoms with E-state index in [1.54, 1.807) is 0 Å². The van der Waals surface area contributed by atoms with Crippen LogP contribution in [0.3, 0.4) is 0 Å². The Balaban J connectivity index is 0.00000288. The Kier molecular flexibility index (Phi) is 7.75. The fourth-order valence-corrected chi connectivity index (χ4v) is 4.04. The van der Waals surface area contributed by atoms with Gasteiger partial charge in [-0.3, -0.25) is 4.79 Å². The van der Waals surface area contributed by atoms with Crippen LogP contribution in [0.25, 0.3) is 0 Å². The van der Waals surface area contributed by atoms with Gasteiger partial charge < -0.3 is 6.16 Å². The molecule has 0 heterocycles. The average molecular weight is 336 g/mol. The van der Waals surface area contributed by atoms with E-state index >= 15 is 0 Å². The molecule has 0 aromatic heterocycles. The number of aryl methyl sites for hydroxylation is 3. The number of carbonyl (C=O) groups is 1. The molecule has 0 aliphatic carbocycles. The first-order valence-electron chi connectivity index (χ1n) is 7.97. The molecule has 2 rings (SSSR count). The molecule has 0 N–H and O–H groups in total. The molecular formula is C20H26LiO2P. The molecule has 0 radical (unpaired) electrons. The second kappa shape index (κ2) is 8.86. The van der Waals surface area contributed by atoms with Crippen LogP contribution in [-0.2, 0) is 0 Å². The normalized spacial score (nSPS) is 10.8. The van der Waals surface area contributed by atoms with Crippen molar-refractivity contribution in [3.05, 3.63) is 57.6 Å². The molecule has 0 amide bonds. The molecule has 2 nitrogen and oxygen atoms in total. The maximum atomic E-state index is 12.9. The molecule has 4 heteroatoms. The van der Waals surface area contributed by atoms with Crippen LogP contribution in [0.2, 0.25) is 0 Å². The van der Waals surface area contributed by atoms with Gasteiger partial charge in [-0.1, -0.05) is 12.1 Å². The van der Waals surface area contributed by atoms with Crippen LogP contribution in [0.4, 0.5) is 0 Å². The molecule has 124 valence electrons. The van der Waals surface area contributed by atoms with Gasteiger partial charge in [-0.2, -0.15) is 0 Å². The summed E-state index contributed by atoms with van der Waals surface area (Å²) in [7, 11) is 0.144. The first-order valence-corrected chi connectivity index (χ1v) is 8.97. The quantitative estimate of drug-likeness (QED) is 0.616. The minimum Gasteiger partial charge on any atom is -1.00 e. The summed E-state index contributed by atoms with van der Waals surface area (Å²) in [6.45, 7) is 12.9. The van der Waals surface area contributed by atoms with Crippen molar-refractivity contribution < 1.29 is 29.8 Å². The van der Waals surface area contributed by atoms with Crippen molar-refractivity contribution in [1.29, 1.82) is 0 Å². The van der Waals surface area contributed by atoms with Gasteiger partial charge in [0.1, 0.15) is 5.75 Å². The molecule has 24 heavy (non-hydrogen) atoms. The van der Waals surface area contributed by atoms with Gasteiger partial charge in [-0.15, -0.1) is 0 Å². The minimum atomic E-state index is 0. The van der Waals surface area contributed by atoms with Gasteiger partial charge in [0.15, 0.2) is 5.52 Å². The summed E-state index contributed by atoms with van der Waals surface area (Å²) >= 11 is 0. The maximum Gasteiger partial charge on any atom is 1.00 e. The molecule has 0 bridgehead atoms. The summed E-state index contributed by atoms with van der Waals surface area (Å²) in [5.41, 5.74) is 6.87. The second-order valence-electron chi connectivity index (χ2n) is 6.00. The van der Waals surface area contributed by atoms with Crippen molar-refractivity contribution in [3.63, 3.8) is 0 Å². The maximum absolute atomic E-state index is 12.9. The van der Waals surface area contributed by atoms with Crippen molar-refractivity contribution in [1.82, 2.24) is 0 Å². The molecule has 0 spiro atoms. The van der Waals surface area contributed by atoms with Gasteiger partial charge in [0, 0.05) is 5.56 Å². The van der Waals surface area contributed by atoms with Crippen molar-refractivity contribution in [2.45, 2.75) is 41.5 Å². The van der Waals surface area contributed by atoms with Gasteiger partial charge >= 0.3 is 18.9 Å². The Labute approximate surface area is 160 Å². The average Bonchev–Trinajstić information content (AvgIpc) is 2.48. The summed E-state index contributed by atoms with van der Waals surface area (Å²) in [5.74, 6) is 0.865. The Morgan fingerprint density at radius 2 is 1.67 bits per heavy atom. The molecule has 0 saturated heterocycles. The van der Waals surface area contributed by atoms with E-state index in [0.717, 1.165) is 33.3 Å². The van der Waals surface area contributed by atoms with E-state index < -0.39 is 0 Å². The van der Waals surface area contributed by atoms with E-state index in [1.807, 2.05) is 39.0 Å². The molecule has 2 aromatic carbocycles. The van der Waals surface area contributed by atoms with Crippen molar-refractivity contribution in [3.8, 4) is 5.75 Å². The number of hydrogen-bond acceptors (Lipinski definition) is 2. The summed E-state index contributed by atoms with van der Waals surface area (Å²) in [5, 5.41) is 1.09. The van der Waals surface area contributed by atoms with Crippen LogP contribution >= 0.6 is 8.58 Å². The molecule has 1 unspecified atom stereocenters. The van der Waals surface area contributed by atoms with E-state index in [0.29, 0.717) is 6.61 Å². The third kappa shape index (κ3) is 4.51. The Bertz CT molecular complexity index is 760. The van der Waals surface area contributed by atoms with Crippen LogP contribution < -0.4 is 28.9 Å².